The first-order valence-corrected chi connectivity index (χ1v) is 9.29. The summed E-state index contributed by atoms with van der Waals surface area (Å²) >= 11 is 0. The van der Waals surface area contributed by atoms with E-state index in [9.17, 15) is 0 Å². The summed E-state index contributed by atoms with van der Waals surface area (Å²) in [4.78, 5) is 7.05. The monoisotopic (exact) mass is 301 g/mol. The molecule has 0 amide bonds. The molecule has 0 saturated carbocycles. The van der Waals surface area contributed by atoms with Crippen LogP contribution in [0, 0.1) is 0 Å². The highest BCUT2D eigenvalue weighted by Gasteiger charge is 2.39. The lowest BCUT2D eigenvalue weighted by Crippen LogP contribution is -2.46. The second kappa shape index (κ2) is 10.1. The molecule has 0 aliphatic carbocycles. The SMILES string of the molecule is CCO[Si](CCCNCc1cnc[nH]1)(OCC)OCC. The third kappa shape index (κ3) is 6.15. The van der Waals surface area contributed by atoms with Crippen molar-refractivity contribution in [3.05, 3.63) is 18.2 Å². The molecule has 1 rings (SSSR count). The molecule has 0 saturated heterocycles. The van der Waals surface area contributed by atoms with Gasteiger partial charge in [0, 0.05) is 44.3 Å². The summed E-state index contributed by atoms with van der Waals surface area (Å²) in [7, 11) is -2.47. The molecular weight excluding hydrogens is 274 g/mol. The van der Waals surface area contributed by atoms with E-state index in [0.29, 0.717) is 19.8 Å². The molecule has 0 aliphatic heterocycles. The summed E-state index contributed by atoms with van der Waals surface area (Å²) in [6.45, 7) is 9.55. The molecule has 2 N–H and O–H groups in total. The molecule has 116 valence electrons. The third-order valence-electron chi connectivity index (χ3n) is 2.80. The summed E-state index contributed by atoms with van der Waals surface area (Å²) < 4.78 is 17.4. The molecule has 1 aromatic heterocycles. The van der Waals surface area contributed by atoms with Gasteiger partial charge < -0.3 is 23.6 Å². The van der Waals surface area contributed by atoms with E-state index >= 15 is 0 Å². The van der Waals surface area contributed by atoms with Crippen LogP contribution in [0.2, 0.25) is 6.04 Å². The second-order valence-corrected chi connectivity index (χ2v) is 7.07. The highest BCUT2D eigenvalue weighted by atomic mass is 28.4. The molecular formula is C13H27N3O3Si. The first-order valence-electron chi connectivity index (χ1n) is 7.36. The average Bonchev–Trinajstić information content (AvgIpc) is 2.92. The minimum atomic E-state index is -2.47. The van der Waals surface area contributed by atoms with Crippen LogP contribution in [0.5, 0.6) is 0 Å². The van der Waals surface area contributed by atoms with Gasteiger partial charge in [-0.3, -0.25) is 0 Å². The van der Waals surface area contributed by atoms with E-state index in [1.54, 1.807) is 6.33 Å². The lowest BCUT2D eigenvalue weighted by Gasteiger charge is -2.28. The van der Waals surface area contributed by atoms with Crippen LogP contribution in [-0.4, -0.2) is 45.1 Å². The van der Waals surface area contributed by atoms with Crippen LogP contribution < -0.4 is 5.32 Å². The van der Waals surface area contributed by atoms with Gasteiger partial charge in [-0.25, -0.2) is 4.98 Å². The Morgan fingerprint density at radius 1 is 1.15 bits per heavy atom. The quantitative estimate of drug-likeness (QED) is 0.456. The standard InChI is InChI=1S/C13H27N3O3Si/c1-4-17-20(18-5-2,19-6-3)9-7-8-14-10-13-11-15-12-16-13/h11-12,14H,4-10H2,1-3H3,(H,15,16). The van der Waals surface area contributed by atoms with Gasteiger partial charge in [0.05, 0.1) is 6.33 Å². The zero-order chi connectivity index (χ0) is 14.7. The van der Waals surface area contributed by atoms with E-state index in [4.69, 9.17) is 13.3 Å². The summed E-state index contributed by atoms with van der Waals surface area (Å²) in [5.41, 5.74) is 1.09. The van der Waals surface area contributed by atoms with Crippen LogP contribution in [0.25, 0.3) is 0 Å². The molecule has 0 spiro atoms. The molecule has 1 aromatic rings. The molecule has 6 nitrogen and oxygen atoms in total. The highest BCUT2D eigenvalue weighted by molar-refractivity contribution is 6.60. The number of hydrogen-bond acceptors (Lipinski definition) is 5. The van der Waals surface area contributed by atoms with Gasteiger partial charge >= 0.3 is 8.80 Å². The number of aromatic amines is 1. The number of rotatable bonds is 12. The Bertz CT molecular complexity index is 319. The van der Waals surface area contributed by atoms with Crippen molar-refractivity contribution in [2.24, 2.45) is 0 Å². The number of hydrogen-bond donors (Lipinski definition) is 2. The van der Waals surface area contributed by atoms with E-state index in [1.165, 1.54) is 0 Å². The van der Waals surface area contributed by atoms with Crippen LogP contribution in [0.3, 0.4) is 0 Å². The van der Waals surface area contributed by atoms with Gasteiger partial charge in [-0.05, 0) is 33.7 Å². The first kappa shape index (κ1) is 17.3. The van der Waals surface area contributed by atoms with Gasteiger partial charge in [0.2, 0.25) is 0 Å². The van der Waals surface area contributed by atoms with Crippen molar-refractivity contribution >= 4 is 8.80 Å². The zero-order valence-electron chi connectivity index (χ0n) is 12.8. The fourth-order valence-electron chi connectivity index (χ4n) is 2.04. The number of imidazole rings is 1. The lowest BCUT2D eigenvalue weighted by atomic mass is 10.4. The highest BCUT2D eigenvalue weighted by Crippen LogP contribution is 2.17. The molecule has 0 unspecified atom stereocenters. The topological polar surface area (TPSA) is 68.4 Å². The van der Waals surface area contributed by atoms with Crippen molar-refractivity contribution in [1.82, 2.24) is 15.3 Å². The smallest absolute Gasteiger partial charge is 0.374 e. The third-order valence-corrected chi connectivity index (χ3v) is 5.95. The molecule has 0 atom stereocenters. The van der Waals surface area contributed by atoms with Crippen molar-refractivity contribution in [3.8, 4) is 0 Å². The Labute approximate surface area is 122 Å². The Hall–Kier alpha value is -0.733. The maximum Gasteiger partial charge on any atom is 0.500 e. The van der Waals surface area contributed by atoms with E-state index in [-0.39, 0.29) is 0 Å². The van der Waals surface area contributed by atoms with Crippen LogP contribution >= 0.6 is 0 Å². The molecule has 0 aromatic carbocycles. The van der Waals surface area contributed by atoms with Gasteiger partial charge in [-0.1, -0.05) is 0 Å². The molecule has 20 heavy (non-hydrogen) atoms. The molecule has 0 fully saturated rings. The molecule has 7 heteroatoms. The molecule has 0 aliphatic rings. The minimum absolute atomic E-state index is 0.633. The summed E-state index contributed by atoms with van der Waals surface area (Å²) in [5, 5.41) is 3.37. The summed E-state index contributed by atoms with van der Waals surface area (Å²) in [6, 6.07) is 0.846. The maximum atomic E-state index is 5.81. The van der Waals surface area contributed by atoms with Crippen molar-refractivity contribution in [1.29, 1.82) is 0 Å². The van der Waals surface area contributed by atoms with E-state index in [1.807, 2.05) is 27.0 Å². The fraction of sp³-hybridized carbons (Fsp3) is 0.769. The number of nitrogens with one attached hydrogen (secondary N) is 2. The molecule has 0 bridgehead atoms. The van der Waals surface area contributed by atoms with E-state index in [0.717, 1.165) is 31.2 Å². The Balaban J connectivity index is 2.29. The number of nitrogens with zero attached hydrogens (tertiary/aromatic N) is 1. The average molecular weight is 301 g/mol. The van der Waals surface area contributed by atoms with Crippen LogP contribution in [-0.2, 0) is 19.8 Å². The predicted octanol–water partition coefficient (Wildman–Crippen LogP) is 1.94. The number of H-pyrrole nitrogens is 1. The van der Waals surface area contributed by atoms with Crippen molar-refractivity contribution in [3.63, 3.8) is 0 Å². The molecule has 0 radical (unpaired) electrons. The van der Waals surface area contributed by atoms with Gasteiger partial charge in [-0.2, -0.15) is 0 Å². The largest absolute Gasteiger partial charge is 0.500 e. The minimum Gasteiger partial charge on any atom is -0.374 e. The van der Waals surface area contributed by atoms with Crippen molar-refractivity contribution in [2.45, 2.75) is 39.8 Å². The fourth-order valence-corrected chi connectivity index (χ4v) is 4.65. The van der Waals surface area contributed by atoms with Crippen molar-refractivity contribution in [2.75, 3.05) is 26.4 Å². The van der Waals surface area contributed by atoms with Gasteiger partial charge in [0.15, 0.2) is 0 Å². The van der Waals surface area contributed by atoms with Gasteiger partial charge in [0.25, 0.3) is 0 Å². The summed E-state index contributed by atoms with van der Waals surface area (Å²) in [5.74, 6) is 0. The van der Waals surface area contributed by atoms with E-state index < -0.39 is 8.80 Å². The predicted molar refractivity (Wildman–Crippen MR) is 80.4 cm³/mol. The Morgan fingerprint density at radius 2 is 1.80 bits per heavy atom. The molecule has 1 heterocycles. The normalized spacial score (nSPS) is 11.9. The van der Waals surface area contributed by atoms with Crippen LogP contribution in [0.15, 0.2) is 12.5 Å². The van der Waals surface area contributed by atoms with E-state index in [2.05, 4.69) is 15.3 Å². The maximum absolute atomic E-state index is 5.81. The van der Waals surface area contributed by atoms with Crippen LogP contribution in [0.4, 0.5) is 0 Å². The second-order valence-electron chi connectivity index (χ2n) is 4.34. The zero-order valence-corrected chi connectivity index (χ0v) is 13.8. The Morgan fingerprint density at radius 3 is 2.30 bits per heavy atom. The van der Waals surface area contributed by atoms with Gasteiger partial charge in [-0.15, -0.1) is 0 Å². The van der Waals surface area contributed by atoms with Gasteiger partial charge in [0.1, 0.15) is 0 Å². The first-order chi connectivity index (χ1) is 9.76. The van der Waals surface area contributed by atoms with Crippen molar-refractivity contribution < 1.29 is 13.3 Å². The number of aromatic nitrogens is 2. The lowest BCUT2D eigenvalue weighted by molar-refractivity contribution is 0.0708. The van der Waals surface area contributed by atoms with Crippen LogP contribution in [0.1, 0.15) is 32.9 Å². The Kier molecular flexibility index (Phi) is 8.71. The summed E-state index contributed by atoms with van der Waals surface area (Å²) in [6.07, 6.45) is 4.49.